The summed E-state index contributed by atoms with van der Waals surface area (Å²) in [4.78, 5) is 12.7. The van der Waals surface area contributed by atoms with Crippen molar-refractivity contribution in [2.75, 3.05) is 31.2 Å². The Morgan fingerprint density at radius 3 is 2.07 bits per heavy atom. The summed E-state index contributed by atoms with van der Waals surface area (Å²) in [6.07, 6.45) is 0. The molecule has 29 heavy (non-hydrogen) atoms. The molecule has 1 aliphatic heterocycles. The highest BCUT2D eigenvalue weighted by atomic mass is 32.1. The first-order chi connectivity index (χ1) is 14.0. The van der Waals surface area contributed by atoms with Crippen LogP contribution in [-0.2, 0) is 4.74 Å². The van der Waals surface area contributed by atoms with Gasteiger partial charge in [-0.25, -0.2) is 0 Å². The van der Waals surface area contributed by atoms with Crippen LogP contribution >= 0.6 is 12.2 Å². The van der Waals surface area contributed by atoms with Gasteiger partial charge in [0.15, 0.2) is 4.77 Å². The van der Waals surface area contributed by atoms with E-state index in [0.717, 1.165) is 37.7 Å². The van der Waals surface area contributed by atoms with Crippen LogP contribution in [0.15, 0.2) is 48.5 Å². The van der Waals surface area contributed by atoms with Crippen LogP contribution in [0.4, 0.5) is 11.4 Å². The molecule has 0 unspecified atom stereocenters. The first kappa shape index (κ1) is 19.2. The summed E-state index contributed by atoms with van der Waals surface area (Å²) in [7, 11) is 0. The van der Waals surface area contributed by atoms with E-state index in [1.165, 1.54) is 16.7 Å². The fraction of sp³-hybridized carbons (Fsp3) is 0.250. The third-order valence-electron chi connectivity index (χ3n) is 5.06. The molecule has 4 rings (SSSR count). The first-order valence-corrected chi connectivity index (χ1v) is 9.59. The first-order valence-electron chi connectivity index (χ1n) is 9.18. The molecule has 2 heterocycles. The van der Waals surface area contributed by atoms with Gasteiger partial charge in [0.1, 0.15) is 0 Å². The molecule has 0 radical (unpaired) electrons. The lowest BCUT2D eigenvalue weighted by molar-refractivity contribution is -0.384. The summed E-state index contributed by atoms with van der Waals surface area (Å²) >= 11 is 5.61. The monoisotopic (exact) mass is 412 g/mol. The number of nitro benzene ring substituents is 1. The van der Waals surface area contributed by atoms with Crippen LogP contribution in [0, 0.1) is 21.8 Å². The number of morpholine rings is 1. The molecule has 3 aromatic rings. The second-order valence-electron chi connectivity index (χ2n) is 6.75. The molecule has 0 atom stereocenters. The summed E-state index contributed by atoms with van der Waals surface area (Å²) in [6, 6.07) is 13.9. The molecule has 8 nitrogen and oxygen atoms in total. The molecular weight excluding hydrogens is 392 g/mol. The summed E-state index contributed by atoms with van der Waals surface area (Å²) in [5.74, 6) is 0.00103. The fourth-order valence-corrected chi connectivity index (χ4v) is 3.92. The van der Waals surface area contributed by atoms with Crippen LogP contribution in [0.25, 0.3) is 11.4 Å². The van der Waals surface area contributed by atoms with Crippen molar-refractivity contribution in [2.45, 2.75) is 6.92 Å². The Hall–Kier alpha value is -3.17. The molecule has 0 aliphatic carbocycles. The molecular formula is C20H20N4O4S. The lowest BCUT2D eigenvalue weighted by atomic mass is 10.2. The third kappa shape index (κ3) is 3.50. The van der Waals surface area contributed by atoms with Crippen LogP contribution in [0.2, 0.25) is 0 Å². The summed E-state index contributed by atoms with van der Waals surface area (Å²) in [5.41, 5.74) is 3.08. The normalized spacial score (nSPS) is 14.2. The Kier molecular flexibility index (Phi) is 5.08. The summed E-state index contributed by atoms with van der Waals surface area (Å²) in [5, 5.41) is 21.6. The Bertz CT molecular complexity index is 1100. The van der Waals surface area contributed by atoms with Gasteiger partial charge in [-0.15, -0.1) is 0 Å². The van der Waals surface area contributed by atoms with Gasteiger partial charge in [-0.1, -0.05) is 0 Å². The minimum absolute atomic E-state index is 0.00103. The molecule has 1 aliphatic rings. The van der Waals surface area contributed by atoms with E-state index in [0.29, 0.717) is 16.2 Å². The van der Waals surface area contributed by atoms with Gasteiger partial charge in [-0.3, -0.25) is 19.2 Å². The second kappa shape index (κ2) is 7.69. The maximum atomic E-state index is 10.9. The number of anilines is 1. The van der Waals surface area contributed by atoms with Crippen molar-refractivity contribution < 1.29 is 14.8 Å². The van der Waals surface area contributed by atoms with E-state index in [1.807, 2.05) is 24.3 Å². The van der Waals surface area contributed by atoms with Gasteiger partial charge in [0, 0.05) is 36.6 Å². The van der Waals surface area contributed by atoms with Crippen LogP contribution < -0.4 is 4.90 Å². The van der Waals surface area contributed by atoms with Gasteiger partial charge in [-0.05, 0) is 55.5 Å². The molecule has 9 heteroatoms. The maximum absolute atomic E-state index is 10.9. The minimum atomic E-state index is -0.463. The highest BCUT2D eigenvalue weighted by Crippen LogP contribution is 2.29. The zero-order valence-corrected chi connectivity index (χ0v) is 16.6. The summed E-state index contributed by atoms with van der Waals surface area (Å²) < 4.78 is 9.07. The van der Waals surface area contributed by atoms with E-state index in [-0.39, 0.29) is 11.6 Å². The number of nitrogens with zero attached hydrogens (tertiary/aromatic N) is 4. The Balaban J connectivity index is 1.71. The largest absolute Gasteiger partial charge is 0.493 e. The zero-order valence-electron chi connectivity index (χ0n) is 15.8. The number of ether oxygens (including phenoxy) is 1. The highest BCUT2D eigenvalue weighted by molar-refractivity contribution is 7.71. The predicted octanol–water partition coefficient (Wildman–Crippen LogP) is 3.76. The molecule has 0 bridgehead atoms. The maximum Gasteiger partial charge on any atom is 0.269 e. The smallest absolute Gasteiger partial charge is 0.269 e. The Morgan fingerprint density at radius 1 is 0.966 bits per heavy atom. The zero-order chi connectivity index (χ0) is 20.5. The van der Waals surface area contributed by atoms with E-state index in [4.69, 9.17) is 17.0 Å². The SMILES string of the molecule is Cc1c(O)n(-c2ccc([N+](=O)[O-])cc2)c(=S)n1-c1ccc(N2CCOCC2)cc1. The Labute approximate surface area is 172 Å². The number of aromatic hydroxyl groups is 1. The van der Waals surface area contributed by atoms with Crippen molar-refractivity contribution in [2.24, 2.45) is 0 Å². The fourth-order valence-electron chi connectivity index (χ4n) is 3.49. The molecule has 1 aromatic heterocycles. The molecule has 1 saturated heterocycles. The number of hydrogen-bond acceptors (Lipinski definition) is 6. The average molecular weight is 412 g/mol. The van der Waals surface area contributed by atoms with E-state index in [2.05, 4.69) is 4.90 Å². The quantitative estimate of drug-likeness (QED) is 0.399. The average Bonchev–Trinajstić information content (AvgIpc) is 2.97. The van der Waals surface area contributed by atoms with E-state index in [1.54, 1.807) is 23.6 Å². The predicted molar refractivity (Wildman–Crippen MR) is 112 cm³/mol. The van der Waals surface area contributed by atoms with E-state index >= 15 is 0 Å². The highest BCUT2D eigenvalue weighted by Gasteiger charge is 2.18. The lowest BCUT2D eigenvalue weighted by Crippen LogP contribution is -2.36. The molecule has 1 N–H and O–H groups in total. The molecule has 0 spiro atoms. The van der Waals surface area contributed by atoms with Gasteiger partial charge < -0.3 is 14.7 Å². The number of nitro groups is 1. The van der Waals surface area contributed by atoms with Crippen LogP contribution in [0.1, 0.15) is 5.69 Å². The van der Waals surface area contributed by atoms with Crippen molar-refractivity contribution in [1.29, 1.82) is 0 Å². The van der Waals surface area contributed by atoms with E-state index in [9.17, 15) is 15.2 Å². The second-order valence-corrected chi connectivity index (χ2v) is 7.12. The van der Waals surface area contributed by atoms with Gasteiger partial charge in [0.05, 0.1) is 29.5 Å². The number of rotatable bonds is 4. The van der Waals surface area contributed by atoms with E-state index < -0.39 is 4.92 Å². The number of hydrogen-bond donors (Lipinski definition) is 1. The number of aromatic nitrogens is 2. The molecule has 150 valence electrons. The minimum Gasteiger partial charge on any atom is -0.493 e. The standard InChI is InChI=1S/C20H20N4O4S/c1-14-19(25)23(17-6-8-18(9-7-17)24(26)27)20(29)22(14)16-4-2-15(3-5-16)21-10-12-28-13-11-21/h2-9,25H,10-13H2,1H3. The molecule has 1 fully saturated rings. The third-order valence-corrected chi connectivity index (χ3v) is 5.42. The number of benzene rings is 2. The van der Waals surface area contributed by atoms with Crippen LogP contribution in [-0.4, -0.2) is 45.5 Å². The summed E-state index contributed by atoms with van der Waals surface area (Å²) in [6.45, 7) is 4.93. The number of imidazole rings is 1. The molecule has 2 aromatic carbocycles. The lowest BCUT2D eigenvalue weighted by Gasteiger charge is -2.29. The van der Waals surface area contributed by atoms with Gasteiger partial charge in [0.25, 0.3) is 5.69 Å². The van der Waals surface area contributed by atoms with Crippen molar-refractivity contribution in [3.8, 4) is 17.3 Å². The van der Waals surface area contributed by atoms with Gasteiger partial charge in [0.2, 0.25) is 5.88 Å². The van der Waals surface area contributed by atoms with Crippen molar-refractivity contribution in [3.63, 3.8) is 0 Å². The topological polar surface area (TPSA) is 85.7 Å². The van der Waals surface area contributed by atoms with Crippen LogP contribution in [0.5, 0.6) is 5.88 Å². The molecule has 0 saturated carbocycles. The van der Waals surface area contributed by atoms with Gasteiger partial charge >= 0.3 is 0 Å². The van der Waals surface area contributed by atoms with Crippen LogP contribution in [0.3, 0.4) is 0 Å². The van der Waals surface area contributed by atoms with Crippen molar-refractivity contribution in [3.05, 3.63) is 69.1 Å². The van der Waals surface area contributed by atoms with Crippen molar-refractivity contribution in [1.82, 2.24) is 9.13 Å². The molecule has 0 amide bonds. The Morgan fingerprint density at radius 2 is 1.48 bits per heavy atom. The van der Waals surface area contributed by atoms with Gasteiger partial charge in [-0.2, -0.15) is 0 Å². The number of non-ortho nitro benzene ring substituents is 1. The van der Waals surface area contributed by atoms with Crippen molar-refractivity contribution >= 4 is 23.6 Å².